The van der Waals surface area contributed by atoms with Gasteiger partial charge >= 0.3 is 0 Å². The van der Waals surface area contributed by atoms with Gasteiger partial charge in [0.15, 0.2) is 0 Å². The fourth-order valence-electron chi connectivity index (χ4n) is 2.70. The lowest BCUT2D eigenvalue weighted by atomic mass is 9.86. The molecule has 0 bridgehead atoms. The lowest BCUT2D eigenvalue weighted by Gasteiger charge is -2.22. The predicted octanol–water partition coefficient (Wildman–Crippen LogP) is 4.08. The summed E-state index contributed by atoms with van der Waals surface area (Å²) in [7, 11) is 0. The molecule has 0 saturated heterocycles. The van der Waals surface area contributed by atoms with E-state index in [0.717, 1.165) is 11.3 Å². The number of rotatable bonds is 5. The first-order chi connectivity index (χ1) is 12.6. The Kier molecular flexibility index (Phi) is 6.37. The molecule has 0 aliphatic carbocycles. The van der Waals surface area contributed by atoms with Crippen molar-refractivity contribution in [2.75, 3.05) is 5.32 Å². The Labute approximate surface area is 161 Å². The second kappa shape index (κ2) is 8.33. The number of benzene rings is 1. The van der Waals surface area contributed by atoms with Gasteiger partial charge in [-0.25, -0.2) is 4.98 Å². The van der Waals surface area contributed by atoms with E-state index in [9.17, 15) is 9.59 Å². The number of amides is 2. The molecule has 2 rings (SSSR count). The monoisotopic (exact) mass is 367 g/mol. The molecule has 144 valence electrons. The van der Waals surface area contributed by atoms with Crippen molar-refractivity contribution < 1.29 is 9.59 Å². The smallest absolute Gasteiger partial charge is 0.251 e. The summed E-state index contributed by atoms with van der Waals surface area (Å²) in [6.07, 6.45) is 0. The summed E-state index contributed by atoms with van der Waals surface area (Å²) in [5.74, 6) is -0.119. The Balaban J connectivity index is 2.10. The average Bonchev–Trinajstić information content (AvgIpc) is 2.58. The van der Waals surface area contributed by atoms with Gasteiger partial charge in [-0.05, 0) is 48.1 Å². The molecular weight excluding hydrogens is 338 g/mol. The van der Waals surface area contributed by atoms with E-state index in [0.29, 0.717) is 11.4 Å². The lowest BCUT2D eigenvalue weighted by Crippen LogP contribution is -2.47. The molecular formula is C22H29N3O2. The summed E-state index contributed by atoms with van der Waals surface area (Å²) >= 11 is 0. The molecule has 0 spiro atoms. The molecule has 1 unspecified atom stereocenters. The van der Waals surface area contributed by atoms with E-state index in [4.69, 9.17) is 0 Å². The van der Waals surface area contributed by atoms with E-state index in [2.05, 4.69) is 36.4 Å². The number of nitrogens with one attached hydrogen (secondary N) is 2. The van der Waals surface area contributed by atoms with Crippen LogP contribution >= 0.6 is 0 Å². The number of anilines is 1. The Morgan fingerprint density at radius 3 is 2.15 bits per heavy atom. The van der Waals surface area contributed by atoms with Crippen molar-refractivity contribution in [2.24, 2.45) is 5.92 Å². The van der Waals surface area contributed by atoms with Crippen LogP contribution in [0.25, 0.3) is 0 Å². The Morgan fingerprint density at radius 1 is 1.00 bits per heavy atom. The highest BCUT2D eigenvalue weighted by Crippen LogP contribution is 2.22. The molecule has 1 atom stereocenters. The lowest BCUT2D eigenvalue weighted by molar-refractivity contribution is -0.118. The van der Waals surface area contributed by atoms with Crippen LogP contribution in [0.3, 0.4) is 0 Å². The van der Waals surface area contributed by atoms with Crippen LogP contribution in [0.5, 0.6) is 0 Å². The van der Waals surface area contributed by atoms with Crippen molar-refractivity contribution >= 4 is 17.6 Å². The molecule has 0 radical (unpaired) electrons. The third-order valence-electron chi connectivity index (χ3n) is 4.39. The zero-order valence-corrected chi connectivity index (χ0v) is 17.0. The molecule has 27 heavy (non-hydrogen) atoms. The highest BCUT2D eigenvalue weighted by Gasteiger charge is 2.25. The molecule has 2 amide bonds. The number of hydrogen-bond donors (Lipinski definition) is 2. The predicted molar refractivity (Wildman–Crippen MR) is 109 cm³/mol. The van der Waals surface area contributed by atoms with Crippen LogP contribution in [0.4, 0.5) is 5.82 Å². The van der Waals surface area contributed by atoms with Crippen LogP contribution in [0.15, 0.2) is 42.5 Å². The maximum absolute atomic E-state index is 12.7. The number of hydrogen-bond acceptors (Lipinski definition) is 3. The van der Waals surface area contributed by atoms with Gasteiger partial charge in [-0.2, -0.15) is 0 Å². The third kappa shape index (κ3) is 5.64. The third-order valence-corrected chi connectivity index (χ3v) is 4.39. The van der Waals surface area contributed by atoms with Crippen LogP contribution in [-0.2, 0) is 10.2 Å². The summed E-state index contributed by atoms with van der Waals surface area (Å²) in [5, 5.41) is 5.63. The summed E-state index contributed by atoms with van der Waals surface area (Å²) < 4.78 is 0. The maximum atomic E-state index is 12.7. The van der Waals surface area contributed by atoms with Crippen LogP contribution in [-0.4, -0.2) is 22.8 Å². The van der Waals surface area contributed by atoms with Gasteiger partial charge in [0.25, 0.3) is 5.91 Å². The Morgan fingerprint density at radius 2 is 1.63 bits per heavy atom. The van der Waals surface area contributed by atoms with E-state index in [1.54, 1.807) is 18.2 Å². The number of carbonyl (C=O) groups is 2. The molecule has 5 heteroatoms. The first-order valence-corrected chi connectivity index (χ1v) is 9.24. The SMILES string of the molecule is Cc1cccc(NC(=O)C(NC(=O)c2ccc(C(C)(C)C)cc2)C(C)C)n1. The molecule has 5 nitrogen and oxygen atoms in total. The molecule has 2 aromatic rings. The highest BCUT2D eigenvalue weighted by atomic mass is 16.2. The zero-order chi connectivity index (χ0) is 20.2. The highest BCUT2D eigenvalue weighted by molar-refractivity contribution is 6.01. The van der Waals surface area contributed by atoms with Crippen LogP contribution in [0.2, 0.25) is 0 Å². The minimum atomic E-state index is -0.651. The van der Waals surface area contributed by atoms with Gasteiger partial charge in [-0.15, -0.1) is 0 Å². The van der Waals surface area contributed by atoms with E-state index < -0.39 is 6.04 Å². The van der Waals surface area contributed by atoms with E-state index in [1.807, 2.05) is 45.0 Å². The number of aryl methyl sites for hydroxylation is 1. The Hall–Kier alpha value is -2.69. The fraction of sp³-hybridized carbons (Fsp3) is 0.409. The molecule has 2 N–H and O–H groups in total. The maximum Gasteiger partial charge on any atom is 0.251 e. The first kappa shape index (κ1) is 20.6. The van der Waals surface area contributed by atoms with E-state index in [1.165, 1.54) is 0 Å². The zero-order valence-electron chi connectivity index (χ0n) is 17.0. The molecule has 0 aliphatic heterocycles. The van der Waals surface area contributed by atoms with Crippen LogP contribution in [0, 0.1) is 12.8 Å². The Bertz CT molecular complexity index is 805. The topological polar surface area (TPSA) is 71.1 Å². The normalized spacial score (nSPS) is 12.6. The minimum Gasteiger partial charge on any atom is -0.340 e. The number of nitrogens with zero attached hydrogens (tertiary/aromatic N) is 1. The van der Waals surface area contributed by atoms with Gasteiger partial charge < -0.3 is 10.6 Å². The van der Waals surface area contributed by atoms with Gasteiger partial charge in [0, 0.05) is 11.3 Å². The summed E-state index contributed by atoms with van der Waals surface area (Å²) in [6, 6.07) is 12.3. The molecule has 0 fully saturated rings. The van der Waals surface area contributed by atoms with Crippen molar-refractivity contribution in [1.29, 1.82) is 0 Å². The molecule has 1 aromatic carbocycles. The summed E-state index contributed by atoms with van der Waals surface area (Å²) in [6.45, 7) is 12.0. The number of carbonyl (C=O) groups excluding carboxylic acids is 2. The van der Waals surface area contributed by atoms with Gasteiger partial charge in [0.05, 0.1) is 0 Å². The molecule has 0 aliphatic rings. The fourth-order valence-corrected chi connectivity index (χ4v) is 2.70. The van der Waals surface area contributed by atoms with Gasteiger partial charge in [-0.1, -0.05) is 52.8 Å². The first-order valence-electron chi connectivity index (χ1n) is 9.24. The summed E-state index contributed by atoms with van der Waals surface area (Å²) in [5.41, 5.74) is 2.53. The van der Waals surface area contributed by atoms with Crippen LogP contribution in [0.1, 0.15) is 56.2 Å². The minimum absolute atomic E-state index is 0.0240. The number of aromatic nitrogens is 1. The number of pyridine rings is 1. The average molecular weight is 367 g/mol. The second-order valence-electron chi connectivity index (χ2n) is 8.18. The van der Waals surface area contributed by atoms with Crippen molar-refractivity contribution in [2.45, 2.75) is 53.0 Å². The van der Waals surface area contributed by atoms with Crippen LogP contribution < -0.4 is 10.6 Å². The van der Waals surface area contributed by atoms with E-state index in [-0.39, 0.29) is 23.1 Å². The van der Waals surface area contributed by atoms with Gasteiger partial charge in [0.2, 0.25) is 5.91 Å². The van der Waals surface area contributed by atoms with Gasteiger partial charge in [-0.3, -0.25) is 9.59 Å². The quantitative estimate of drug-likeness (QED) is 0.836. The second-order valence-corrected chi connectivity index (χ2v) is 8.18. The molecule has 1 heterocycles. The van der Waals surface area contributed by atoms with Gasteiger partial charge in [0.1, 0.15) is 11.9 Å². The molecule has 0 saturated carbocycles. The largest absolute Gasteiger partial charge is 0.340 e. The van der Waals surface area contributed by atoms with Crippen molar-refractivity contribution in [3.63, 3.8) is 0 Å². The summed E-state index contributed by atoms with van der Waals surface area (Å²) in [4.78, 5) is 29.6. The van der Waals surface area contributed by atoms with Crippen molar-refractivity contribution in [3.8, 4) is 0 Å². The molecule has 1 aromatic heterocycles. The standard InChI is InChI=1S/C22H29N3O2/c1-14(2)19(21(27)24-18-9-7-8-15(3)23-18)25-20(26)16-10-12-17(13-11-16)22(4,5)6/h7-14,19H,1-6H3,(H,25,26)(H,23,24,27). The van der Waals surface area contributed by atoms with E-state index >= 15 is 0 Å². The van der Waals surface area contributed by atoms with Crippen molar-refractivity contribution in [1.82, 2.24) is 10.3 Å². The van der Waals surface area contributed by atoms with Crippen molar-refractivity contribution in [3.05, 3.63) is 59.3 Å².